The van der Waals surface area contributed by atoms with E-state index in [1.54, 1.807) is 22.9 Å². The predicted molar refractivity (Wildman–Crippen MR) is 99.1 cm³/mol. The van der Waals surface area contributed by atoms with Crippen LogP contribution in [0.2, 0.25) is 0 Å². The first-order valence-electron chi connectivity index (χ1n) is 7.81. The van der Waals surface area contributed by atoms with Gasteiger partial charge in [0, 0.05) is 18.5 Å². The van der Waals surface area contributed by atoms with Crippen molar-refractivity contribution < 1.29 is 4.79 Å². The van der Waals surface area contributed by atoms with Gasteiger partial charge in [-0.2, -0.15) is 0 Å². The summed E-state index contributed by atoms with van der Waals surface area (Å²) in [5, 5.41) is 7.53. The number of pyridine rings is 1. The molecular formula is C17H16N4OS2. The summed E-state index contributed by atoms with van der Waals surface area (Å²) in [6.45, 7) is 2.12. The second-order valence-corrected chi connectivity index (χ2v) is 7.37. The molecule has 3 aromatic heterocycles. The average molecular weight is 356 g/mol. The molecule has 1 fully saturated rings. The molecule has 7 heteroatoms. The molecule has 0 aromatic carbocycles. The van der Waals surface area contributed by atoms with E-state index in [4.69, 9.17) is 0 Å². The molecule has 4 heterocycles. The van der Waals surface area contributed by atoms with Crippen LogP contribution in [0, 0.1) is 0 Å². The van der Waals surface area contributed by atoms with Gasteiger partial charge in [0.1, 0.15) is 16.5 Å². The lowest BCUT2D eigenvalue weighted by atomic mass is 10.3. The number of anilines is 2. The number of hydrogen-bond donors (Lipinski definition) is 1. The Balaban J connectivity index is 1.44. The normalized spacial score (nSPS) is 14.1. The molecule has 0 bridgehead atoms. The van der Waals surface area contributed by atoms with Crippen LogP contribution in [0.3, 0.4) is 0 Å². The van der Waals surface area contributed by atoms with Gasteiger partial charge in [-0.15, -0.1) is 22.7 Å². The number of nitrogens with zero attached hydrogens (tertiary/aromatic N) is 3. The highest BCUT2D eigenvalue weighted by Gasteiger charge is 2.15. The fraction of sp³-hybridized carbons (Fsp3) is 0.235. The maximum Gasteiger partial charge on any atom is 0.275 e. The zero-order valence-electron chi connectivity index (χ0n) is 12.9. The maximum absolute atomic E-state index is 12.3. The zero-order chi connectivity index (χ0) is 16.4. The van der Waals surface area contributed by atoms with Crippen molar-refractivity contribution in [3.63, 3.8) is 0 Å². The highest BCUT2D eigenvalue weighted by atomic mass is 32.1. The molecule has 24 heavy (non-hydrogen) atoms. The molecule has 3 aromatic rings. The highest BCUT2D eigenvalue weighted by Crippen LogP contribution is 2.28. The summed E-state index contributed by atoms with van der Waals surface area (Å²) in [5.74, 6) is 0.768. The Morgan fingerprint density at radius 3 is 2.75 bits per heavy atom. The summed E-state index contributed by atoms with van der Waals surface area (Å²) in [4.78, 5) is 24.5. The molecule has 0 spiro atoms. The van der Waals surface area contributed by atoms with Crippen molar-refractivity contribution in [1.82, 2.24) is 9.97 Å². The van der Waals surface area contributed by atoms with Gasteiger partial charge in [0.2, 0.25) is 0 Å². The number of carbonyl (C=O) groups is 1. The van der Waals surface area contributed by atoms with Crippen molar-refractivity contribution in [3.05, 3.63) is 46.9 Å². The Morgan fingerprint density at radius 2 is 2.04 bits per heavy atom. The van der Waals surface area contributed by atoms with Gasteiger partial charge in [0.25, 0.3) is 5.91 Å². The fourth-order valence-electron chi connectivity index (χ4n) is 2.68. The van der Waals surface area contributed by atoms with Crippen LogP contribution >= 0.6 is 22.7 Å². The standard InChI is InChI=1S/C17H16N4OS2/c22-16(13-11-24-17(20-13)14-4-3-9-23-14)19-12-5-6-15(18-10-12)21-7-1-2-8-21/h3-6,9-11H,1-2,7-8H2,(H,19,22). The molecule has 4 rings (SSSR count). The monoisotopic (exact) mass is 356 g/mol. The molecule has 1 aliphatic heterocycles. The van der Waals surface area contributed by atoms with E-state index in [0.29, 0.717) is 11.4 Å². The van der Waals surface area contributed by atoms with E-state index >= 15 is 0 Å². The molecule has 1 N–H and O–H groups in total. The van der Waals surface area contributed by atoms with Crippen LogP contribution in [0.25, 0.3) is 9.88 Å². The number of carbonyl (C=O) groups excluding carboxylic acids is 1. The lowest BCUT2D eigenvalue weighted by molar-refractivity contribution is 0.102. The van der Waals surface area contributed by atoms with Crippen molar-refractivity contribution in [1.29, 1.82) is 0 Å². The van der Waals surface area contributed by atoms with Crippen LogP contribution in [0.4, 0.5) is 11.5 Å². The summed E-state index contributed by atoms with van der Waals surface area (Å²) in [7, 11) is 0. The molecular weight excluding hydrogens is 340 g/mol. The van der Waals surface area contributed by atoms with E-state index < -0.39 is 0 Å². The maximum atomic E-state index is 12.3. The van der Waals surface area contributed by atoms with Crippen molar-refractivity contribution >= 4 is 40.1 Å². The second-order valence-electron chi connectivity index (χ2n) is 5.57. The Kier molecular flexibility index (Phi) is 4.27. The van der Waals surface area contributed by atoms with Gasteiger partial charge in [-0.3, -0.25) is 4.79 Å². The van der Waals surface area contributed by atoms with E-state index in [2.05, 4.69) is 20.2 Å². The number of thiazole rings is 1. The first-order chi connectivity index (χ1) is 11.8. The molecule has 0 radical (unpaired) electrons. The van der Waals surface area contributed by atoms with Crippen LogP contribution in [-0.4, -0.2) is 29.0 Å². The van der Waals surface area contributed by atoms with Gasteiger partial charge in [0.05, 0.1) is 16.8 Å². The summed E-state index contributed by atoms with van der Waals surface area (Å²) < 4.78 is 0. The van der Waals surface area contributed by atoms with Gasteiger partial charge >= 0.3 is 0 Å². The smallest absolute Gasteiger partial charge is 0.275 e. The second kappa shape index (κ2) is 6.70. The minimum atomic E-state index is -0.204. The molecule has 0 unspecified atom stereocenters. The van der Waals surface area contributed by atoms with Crippen LogP contribution in [0.15, 0.2) is 41.2 Å². The molecule has 1 aliphatic rings. The van der Waals surface area contributed by atoms with Crippen molar-refractivity contribution in [2.24, 2.45) is 0 Å². The van der Waals surface area contributed by atoms with E-state index in [1.165, 1.54) is 24.2 Å². The van der Waals surface area contributed by atoms with Crippen LogP contribution in [0.1, 0.15) is 23.3 Å². The van der Waals surface area contributed by atoms with Crippen molar-refractivity contribution in [3.8, 4) is 9.88 Å². The van der Waals surface area contributed by atoms with Crippen molar-refractivity contribution in [2.75, 3.05) is 23.3 Å². The number of rotatable bonds is 4. The summed E-state index contributed by atoms with van der Waals surface area (Å²) >= 11 is 3.10. The van der Waals surface area contributed by atoms with Crippen molar-refractivity contribution in [2.45, 2.75) is 12.8 Å². The largest absolute Gasteiger partial charge is 0.357 e. The van der Waals surface area contributed by atoms with Crippen LogP contribution in [-0.2, 0) is 0 Å². The fourth-order valence-corrected chi connectivity index (χ4v) is 4.29. The summed E-state index contributed by atoms with van der Waals surface area (Å²) in [6.07, 6.45) is 4.14. The first kappa shape index (κ1) is 15.3. The number of aromatic nitrogens is 2. The number of amides is 1. The van der Waals surface area contributed by atoms with E-state index in [1.807, 2.05) is 29.6 Å². The lowest BCUT2D eigenvalue weighted by Crippen LogP contribution is -2.19. The lowest BCUT2D eigenvalue weighted by Gasteiger charge is -2.16. The number of thiophene rings is 1. The van der Waals surface area contributed by atoms with Gasteiger partial charge in [-0.1, -0.05) is 6.07 Å². The van der Waals surface area contributed by atoms with Gasteiger partial charge in [0.15, 0.2) is 0 Å². The molecule has 0 atom stereocenters. The first-order valence-corrected chi connectivity index (χ1v) is 9.57. The molecule has 122 valence electrons. The van der Waals surface area contributed by atoms with Gasteiger partial charge < -0.3 is 10.2 Å². The van der Waals surface area contributed by atoms with E-state index in [-0.39, 0.29) is 5.91 Å². The number of hydrogen-bond acceptors (Lipinski definition) is 6. The molecule has 0 saturated carbocycles. The quantitative estimate of drug-likeness (QED) is 0.764. The molecule has 5 nitrogen and oxygen atoms in total. The Labute approximate surface area is 148 Å². The molecule has 1 saturated heterocycles. The Hall–Kier alpha value is -2.25. The molecule has 0 aliphatic carbocycles. The third kappa shape index (κ3) is 3.18. The zero-order valence-corrected chi connectivity index (χ0v) is 14.6. The Morgan fingerprint density at radius 1 is 1.17 bits per heavy atom. The minimum absolute atomic E-state index is 0.204. The molecule has 1 amide bonds. The third-order valence-electron chi connectivity index (χ3n) is 3.90. The van der Waals surface area contributed by atoms with Crippen LogP contribution < -0.4 is 10.2 Å². The van der Waals surface area contributed by atoms with E-state index in [0.717, 1.165) is 28.8 Å². The van der Waals surface area contributed by atoms with E-state index in [9.17, 15) is 4.79 Å². The Bertz CT molecular complexity index is 821. The predicted octanol–water partition coefficient (Wildman–Crippen LogP) is 4.12. The average Bonchev–Trinajstić information content (AvgIpc) is 3.35. The topological polar surface area (TPSA) is 58.1 Å². The van der Waals surface area contributed by atoms with Crippen LogP contribution in [0.5, 0.6) is 0 Å². The SMILES string of the molecule is O=C(Nc1ccc(N2CCCC2)nc1)c1csc(-c2cccs2)n1. The highest BCUT2D eigenvalue weighted by molar-refractivity contribution is 7.20. The van der Waals surface area contributed by atoms with Gasteiger partial charge in [-0.05, 0) is 36.4 Å². The van der Waals surface area contributed by atoms with Gasteiger partial charge in [-0.25, -0.2) is 9.97 Å². The number of nitrogens with one attached hydrogen (secondary N) is 1. The summed E-state index contributed by atoms with van der Waals surface area (Å²) in [5.41, 5.74) is 1.13. The minimum Gasteiger partial charge on any atom is -0.357 e. The summed E-state index contributed by atoms with van der Waals surface area (Å²) in [6, 6.07) is 7.84. The third-order valence-corrected chi connectivity index (χ3v) is 5.79.